The Morgan fingerprint density at radius 1 is 1.28 bits per heavy atom. The van der Waals surface area contributed by atoms with Crippen LogP contribution in [-0.2, 0) is 12.0 Å². The molecular weight excluding hydrogens is 224 g/mol. The van der Waals surface area contributed by atoms with E-state index in [1.54, 1.807) is 0 Å². The first-order valence-corrected chi connectivity index (χ1v) is 6.28. The Labute approximate surface area is 107 Å². The zero-order chi connectivity index (χ0) is 12.9. The number of fused-ring (bicyclic) bond motifs is 3. The van der Waals surface area contributed by atoms with Gasteiger partial charge in [0.1, 0.15) is 23.9 Å². The maximum atomic E-state index is 5.77. The summed E-state index contributed by atoms with van der Waals surface area (Å²) in [7, 11) is 0. The minimum absolute atomic E-state index is 0.0300. The normalized spacial score (nSPS) is 13.8. The quantitative estimate of drug-likeness (QED) is 0.766. The molecular formula is C15H18N2O. The van der Waals surface area contributed by atoms with Gasteiger partial charge in [0.25, 0.3) is 0 Å². The van der Waals surface area contributed by atoms with Crippen molar-refractivity contribution in [2.24, 2.45) is 0 Å². The summed E-state index contributed by atoms with van der Waals surface area (Å²) in [4.78, 5) is 8.12. The third kappa shape index (κ3) is 1.70. The van der Waals surface area contributed by atoms with E-state index in [0.717, 1.165) is 28.5 Å². The number of H-pyrrole nitrogens is 1. The van der Waals surface area contributed by atoms with Gasteiger partial charge in [0, 0.05) is 11.0 Å². The predicted molar refractivity (Wildman–Crippen MR) is 71.8 cm³/mol. The van der Waals surface area contributed by atoms with Crippen LogP contribution in [0.4, 0.5) is 0 Å². The zero-order valence-corrected chi connectivity index (χ0v) is 11.3. The number of nitrogens with one attached hydrogen (secondary N) is 1. The number of ether oxygens (including phenoxy) is 1. The van der Waals surface area contributed by atoms with Crippen LogP contribution < -0.4 is 4.74 Å². The number of hydrogen-bond acceptors (Lipinski definition) is 2. The second kappa shape index (κ2) is 3.61. The zero-order valence-electron chi connectivity index (χ0n) is 11.3. The Balaban J connectivity index is 2.16. The predicted octanol–water partition coefficient (Wildman–Crippen LogP) is 3.58. The summed E-state index contributed by atoms with van der Waals surface area (Å²) in [6, 6.07) is 6.29. The molecule has 0 amide bonds. The molecule has 0 saturated heterocycles. The molecule has 3 heteroatoms. The van der Waals surface area contributed by atoms with Crippen LogP contribution in [0.5, 0.6) is 5.75 Å². The number of imidazole rings is 1. The minimum atomic E-state index is 0.0300. The van der Waals surface area contributed by atoms with Crippen LogP contribution in [0.15, 0.2) is 18.2 Å². The maximum absolute atomic E-state index is 5.77. The summed E-state index contributed by atoms with van der Waals surface area (Å²) in [6.45, 7) is 9.11. The molecule has 0 spiro atoms. The van der Waals surface area contributed by atoms with Gasteiger partial charge in [-0.25, -0.2) is 4.98 Å². The number of nitrogens with zero attached hydrogens (tertiary/aromatic N) is 1. The molecule has 0 bridgehead atoms. The van der Waals surface area contributed by atoms with Crippen molar-refractivity contribution in [2.45, 2.75) is 39.7 Å². The van der Waals surface area contributed by atoms with Crippen LogP contribution in [0.2, 0.25) is 0 Å². The highest BCUT2D eigenvalue weighted by Crippen LogP contribution is 2.37. The van der Waals surface area contributed by atoms with Crippen molar-refractivity contribution in [3.8, 4) is 17.0 Å². The molecule has 2 aromatic rings. The molecule has 94 valence electrons. The fourth-order valence-electron chi connectivity index (χ4n) is 2.19. The maximum Gasteiger partial charge on any atom is 0.132 e. The van der Waals surface area contributed by atoms with Crippen LogP contribution in [0.25, 0.3) is 11.3 Å². The van der Waals surface area contributed by atoms with Crippen LogP contribution in [0.3, 0.4) is 0 Å². The summed E-state index contributed by atoms with van der Waals surface area (Å²) in [6.07, 6.45) is 0. The summed E-state index contributed by atoms with van der Waals surface area (Å²) < 4.78 is 5.77. The number of aryl methyl sites for hydroxylation is 1. The van der Waals surface area contributed by atoms with Crippen molar-refractivity contribution >= 4 is 0 Å². The second-order valence-corrected chi connectivity index (χ2v) is 5.95. The molecule has 0 aliphatic carbocycles. The highest BCUT2D eigenvalue weighted by molar-refractivity contribution is 5.71. The van der Waals surface area contributed by atoms with Crippen molar-refractivity contribution in [3.05, 3.63) is 35.3 Å². The molecule has 0 saturated carbocycles. The first kappa shape index (κ1) is 11.3. The van der Waals surface area contributed by atoms with Gasteiger partial charge in [0.15, 0.2) is 0 Å². The van der Waals surface area contributed by atoms with Gasteiger partial charge in [-0.15, -0.1) is 0 Å². The van der Waals surface area contributed by atoms with E-state index in [9.17, 15) is 0 Å². The molecule has 0 unspecified atom stereocenters. The van der Waals surface area contributed by atoms with Gasteiger partial charge >= 0.3 is 0 Å². The molecule has 1 aromatic carbocycles. The summed E-state index contributed by atoms with van der Waals surface area (Å²) >= 11 is 0. The van der Waals surface area contributed by atoms with Crippen molar-refractivity contribution in [1.82, 2.24) is 9.97 Å². The summed E-state index contributed by atoms with van der Waals surface area (Å²) in [5, 5.41) is 0. The summed E-state index contributed by atoms with van der Waals surface area (Å²) in [5.41, 5.74) is 4.48. The molecule has 2 heterocycles. The Morgan fingerprint density at radius 3 is 2.78 bits per heavy atom. The number of benzene rings is 1. The van der Waals surface area contributed by atoms with Crippen molar-refractivity contribution in [1.29, 1.82) is 0 Å². The smallest absolute Gasteiger partial charge is 0.132 e. The van der Waals surface area contributed by atoms with Gasteiger partial charge in [-0.05, 0) is 24.6 Å². The minimum Gasteiger partial charge on any atom is -0.486 e. The van der Waals surface area contributed by atoms with Gasteiger partial charge < -0.3 is 9.72 Å². The van der Waals surface area contributed by atoms with Gasteiger partial charge in [0.05, 0.1) is 5.69 Å². The lowest BCUT2D eigenvalue weighted by Gasteiger charge is -2.16. The SMILES string of the molecule is Cc1ccc2c(c1)OCc1nc(C(C)(C)C)[nH]c1-2. The highest BCUT2D eigenvalue weighted by atomic mass is 16.5. The first-order valence-electron chi connectivity index (χ1n) is 6.28. The number of aromatic nitrogens is 2. The van der Waals surface area contributed by atoms with E-state index < -0.39 is 0 Å². The van der Waals surface area contributed by atoms with E-state index in [1.165, 1.54) is 5.56 Å². The van der Waals surface area contributed by atoms with Gasteiger partial charge in [-0.3, -0.25) is 0 Å². The van der Waals surface area contributed by atoms with Gasteiger partial charge in [-0.1, -0.05) is 26.8 Å². The van der Waals surface area contributed by atoms with Crippen LogP contribution in [0.1, 0.15) is 37.9 Å². The summed E-state index contributed by atoms with van der Waals surface area (Å²) in [5.74, 6) is 1.97. The van der Waals surface area contributed by atoms with Crippen LogP contribution in [0, 0.1) is 6.92 Å². The fraction of sp³-hybridized carbons (Fsp3) is 0.400. The molecule has 1 aliphatic rings. The standard InChI is InChI=1S/C15H18N2O/c1-9-5-6-10-12(7-9)18-8-11-13(10)17-14(16-11)15(2,3)4/h5-7H,8H2,1-4H3,(H,16,17). The van der Waals surface area contributed by atoms with E-state index in [-0.39, 0.29) is 5.41 Å². The fourth-order valence-corrected chi connectivity index (χ4v) is 2.19. The molecule has 1 N–H and O–H groups in total. The lowest BCUT2D eigenvalue weighted by atomic mass is 9.96. The molecule has 3 rings (SSSR count). The number of rotatable bonds is 0. The molecule has 0 atom stereocenters. The van der Waals surface area contributed by atoms with Crippen LogP contribution in [-0.4, -0.2) is 9.97 Å². The molecule has 3 nitrogen and oxygen atoms in total. The van der Waals surface area contributed by atoms with Gasteiger partial charge in [0.2, 0.25) is 0 Å². The van der Waals surface area contributed by atoms with Crippen molar-refractivity contribution < 1.29 is 4.74 Å². The Morgan fingerprint density at radius 2 is 2.06 bits per heavy atom. The van der Waals surface area contributed by atoms with Crippen LogP contribution >= 0.6 is 0 Å². The van der Waals surface area contributed by atoms with E-state index in [0.29, 0.717) is 6.61 Å². The average Bonchev–Trinajstić information content (AvgIpc) is 2.72. The second-order valence-electron chi connectivity index (χ2n) is 5.95. The molecule has 0 radical (unpaired) electrons. The average molecular weight is 242 g/mol. The Hall–Kier alpha value is -1.77. The first-order chi connectivity index (χ1) is 8.45. The van der Waals surface area contributed by atoms with E-state index in [2.05, 4.69) is 55.9 Å². The lowest BCUT2D eigenvalue weighted by molar-refractivity contribution is 0.297. The third-order valence-corrected chi connectivity index (χ3v) is 3.26. The largest absolute Gasteiger partial charge is 0.486 e. The number of aromatic amines is 1. The molecule has 0 fully saturated rings. The number of hydrogen-bond donors (Lipinski definition) is 1. The highest BCUT2D eigenvalue weighted by Gasteiger charge is 2.25. The molecule has 1 aliphatic heterocycles. The monoisotopic (exact) mass is 242 g/mol. The lowest BCUT2D eigenvalue weighted by Crippen LogP contribution is -2.13. The Kier molecular flexibility index (Phi) is 2.27. The molecule has 18 heavy (non-hydrogen) atoms. The van der Waals surface area contributed by atoms with Crippen molar-refractivity contribution in [3.63, 3.8) is 0 Å². The molecule has 1 aromatic heterocycles. The third-order valence-electron chi connectivity index (χ3n) is 3.26. The topological polar surface area (TPSA) is 37.9 Å². The van der Waals surface area contributed by atoms with E-state index >= 15 is 0 Å². The van der Waals surface area contributed by atoms with E-state index in [1.807, 2.05) is 0 Å². The van der Waals surface area contributed by atoms with Crippen molar-refractivity contribution in [2.75, 3.05) is 0 Å². The van der Waals surface area contributed by atoms with E-state index in [4.69, 9.17) is 4.74 Å². The van der Waals surface area contributed by atoms with Gasteiger partial charge in [-0.2, -0.15) is 0 Å². The Bertz CT molecular complexity index is 605.